The summed E-state index contributed by atoms with van der Waals surface area (Å²) in [4.78, 5) is 0. The van der Waals surface area contributed by atoms with Gasteiger partial charge in [0.2, 0.25) is 10.0 Å². The molecule has 2 aliphatic rings. The summed E-state index contributed by atoms with van der Waals surface area (Å²) in [6.45, 7) is 6.90. The zero-order chi connectivity index (χ0) is 13.9. The zero-order valence-electron chi connectivity index (χ0n) is 12.3. The molecule has 0 aromatic rings. The van der Waals surface area contributed by atoms with E-state index in [1.54, 1.807) is 4.31 Å². The first-order chi connectivity index (χ1) is 9.03. The Balaban J connectivity index is 1.78. The largest absolute Gasteiger partial charge is 0.314 e. The maximum atomic E-state index is 12.2. The third kappa shape index (κ3) is 4.43. The van der Waals surface area contributed by atoms with E-state index < -0.39 is 10.0 Å². The summed E-state index contributed by atoms with van der Waals surface area (Å²) in [5, 5.41) is 3.53. The maximum absolute atomic E-state index is 12.2. The highest BCUT2D eigenvalue weighted by Crippen LogP contribution is 2.32. The second-order valence-electron chi connectivity index (χ2n) is 6.20. The van der Waals surface area contributed by atoms with Gasteiger partial charge in [-0.3, -0.25) is 0 Å². The van der Waals surface area contributed by atoms with Crippen LogP contribution in [0.25, 0.3) is 0 Å². The summed E-state index contributed by atoms with van der Waals surface area (Å²) >= 11 is 0. The van der Waals surface area contributed by atoms with E-state index in [1.165, 1.54) is 0 Å². The van der Waals surface area contributed by atoms with E-state index in [9.17, 15) is 8.42 Å². The summed E-state index contributed by atoms with van der Waals surface area (Å²) in [5.41, 5.74) is 0. The van der Waals surface area contributed by atoms with Crippen molar-refractivity contribution in [3.8, 4) is 0 Å². The first-order valence-corrected chi connectivity index (χ1v) is 9.35. The molecule has 5 heteroatoms. The minimum absolute atomic E-state index is 0.390. The van der Waals surface area contributed by atoms with E-state index in [2.05, 4.69) is 19.2 Å². The Bertz CT molecular complexity index is 371. The molecular weight excluding hydrogens is 260 g/mol. The van der Waals surface area contributed by atoms with E-state index in [4.69, 9.17) is 0 Å². The molecule has 2 fully saturated rings. The summed E-state index contributed by atoms with van der Waals surface area (Å²) in [6, 6.07) is 0.508. The molecule has 0 bridgehead atoms. The van der Waals surface area contributed by atoms with Crippen LogP contribution >= 0.6 is 0 Å². The number of hydrogen-bond donors (Lipinski definition) is 1. The van der Waals surface area contributed by atoms with Gasteiger partial charge in [0, 0.05) is 19.1 Å². The summed E-state index contributed by atoms with van der Waals surface area (Å²) in [6.07, 6.45) is 5.36. The minimum Gasteiger partial charge on any atom is -0.314 e. The second kappa shape index (κ2) is 6.55. The first kappa shape index (κ1) is 15.3. The van der Waals surface area contributed by atoms with E-state index >= 15 is 0 Å². The molecule has 2 rings (SSSR count). The minimum atomic E-state index is -2.97. The highest BCUT2D eigenvalue weighted by Gasteiger charge is 2.34. The standard InChI is InChI=1S/C14H28N2O2S/c1-3-8-15-12(2)14-6-9-16(10-7-14)19(17,18)11-13-4-5-13/h12-15H,3-11H2,1-2H3. The van der Waals surface area contributed by atoms with Crippen LogP contribution in [0, 0.1) is 11.8 Å². The van der Waals surface area contributed by atoms with Crippen LogP contribution in [-0.2, 0) is 10.0 Å². The van der Waals surface area contributed by atoms with Crippen molar-refractivity contribution in [2.75, 3.05) is 25.4 Å². The van der Waals surface area contributed by atoms with Gasteiger partial charge in [-0.2, -0.15) is 0 Å². The molecule has 1 N–H and O–H groups in total. The second-order valence-corrected chi connectivity index (χ2v) is 8.21. The van der Waals surface area contributed by atoms with Crippen LogP contribution in [0.4, 0.5) is 0 Å². The van der Waals surface area contributed by atoms with Crippen molar-refractivity contribution in [2.45, 2.75) is 52.0 Å². The van der Waals surface area contributed by atoms with Crippen molar-refractivity contribution >= 4 is 10.0 Å². The van der Waals surface area contributed by atoms with Crippen LogP contribution in [-0.4, -0.2) is 44.2 Å². The Kier molecular flexibility index (Phi) is 5.26. The molecule has 0 aromatic heterocycles. The Morgan fingerprint density at radius 2 is 1.84 bits per heavy atom. The summed E-state index contributed by atoms with van der Waals surface area (Å²) in [5.74, 6) is 1.47. The van der Waals surface area contributed by atoms with Crippen molar-refractivity contribution in [1.82, 2.24) is 9.62 Å². The molecule has 0 radical (unpaired) electrons. The lowest BCUT2D eigenvalue weighted by atomic mass is 9.91. The van der Waals surface area contributed by atoms with Gasteiger partial charge in [0.05, 0.1) is 5.75 Å². The van der Waals surface area contributed by atoms with E-state index in [1.807, 2.05) is 0 Å². The number of nitrogens with one attached hydrogen (secondary N) is 1. The van der Waals surface area contributed by atoms with Crippen LogP contribution < -0.4 is 5.32 Å². The Morgan fingerprint density at radius 3 is 2.37 bits per heavy atom. The molecule has 0 aromatic carbocycles. The maximum Gasteiger partial charge on any atom is 0.214 e. The molecule has 1 aliphatic carbocycles. The van der Waals surface area contributed by atoms with Crippen molar-refractivity contribution in [2.24, 2.45) is 11.8 Å². The molecule has 112 valence electrons. The summed E-state index contributed by atoms with van der Waals surface area (Å²) in [7, 11) is -2.97. The van der Waals surface area contributed by atoms with Crippen molar-refractivity contribution < 1.29 is 8.42 Å². The van der Waals surface area contributed by atoms with Gasteiger partial charge in [-0.1, -0.05) is 6.92 Å². The lowest BCUT2D eigenvalue weighted by molar-refractivity contribution is 0.231. The number of piperidine rings is 1. The van der Waals surface area contributed by atoms with Crippen LogP contribution in [0.15, 0.2) is 0 Å². The van der Waals surface area contributed by atoms with Crippen molar-refractivity contribution in [1.29, 1.82) is 0 Å². The quantitative estimate of drug-likeness (QED) is 0.777. The molecule has 1 saturated carbocycles. The van der Waals surface area contributed by atoms with Gasteiger partial charge >= 0.3 is 0 Å². The monoisotopic (exact) mass is 288 g/mol. The highest BCUT2D eigenvalue weighted by molar-refractivity contribution is 7.89. The normalized spacial score (nSPS) is 24.5. The van der Waals surface area contributed by atoms with Gasteiger partial charge in [0.25, 0.3) is 0 Å². The number of rotatable bonds is 7. The Hall–Kier alpha value is -0.130. The molecular formula is C14H28N2O2S. The fourth-order valence-electron chi connectivity index (χ4n) is 2.88. The number of sulfonamides is 1. The summed E-state index contributed by atoms with van der Waals surface area (Å²) < 4.78 is 26.1. The molecule has 0 amide bonds. The van der Waals surface area contributed by atoms with Gasteiger partial charge in [-0.15, -0.1) is 0 Å². The fraction of sp³-hybridized carbons (Fsp3) is 1.00. The van der Waals surface area contributed by atoms with Gasteiger partial charge in [-0.25, -0.2) is 12.7 Å². The Labute approximate surface area is 118 Å². The molecule has 4 nitrogen and oxygen atoms in total. The molecule has 0 spiro atoms. The SMILES string of the molecule is CCCNC(C)C1CCN(S(=O)(=O)CC2CC2)CC1. The smallest absolute Gasteiger partial charge is 0.214 e. The lowest BCUT2D eigenvalue weighted by Gasteiger charge is -2.34. The van der Waals surface area contributed by atoms with E-state index in [0.717, 1.165) is 51.7 Å². The van der Waals surface area contributed by atoms with E-state index in [-0.39, 0.29) is 0 Å². The van der Waals surface area contributed by atoms with Crippen LogP contribution in [0.1, 0.15) is 46.0 Å². The number of hydrogen-bond acceptors (Lipinski definition) is 3. The van der Waals surface area contributed by atoms with Gasteiger partial charge < -0.3 is 5.32 Å². The molecule has 19 heavy (non-hydrogen) atoms. The first-order valence-electron chi connectivity index (χ1n) is 7.74. The lowest BCUT2D eigenvalue weighted by Crippen LogP contribution is -2.45. The molecule has 1 unspecified atom stereocenters. The average Bonchev–Trinajstić information content (AvgIpc) is 3.19. The average molecular weight is 288 g/mol. The molecule has 1 aliphatic heterocycles. The predicted molar refractivity (Wildman–Crippen MR) is 78.6 cm³/mol. The zero-order valence-corrected chi connectivity index (χ0v) is 13.1. The van der Waals surface area contributed by atoms with Crippen LogP contribution in [0.5, 0.6) is 0 Å². The molecule has 1 atom stereocenters. The number of nitrogens with zero attached hydrogens (tertiary/aromatic N) is 1. The van der Waals surface area contributed by atoms with Crippen LogP contribution in [0.3, 0.4) is 0 Å². The van der Waals surface area contributed by atoms with Gasteiger partial charge in [-0.05, 0) is 57.4 Å². The van der Waals surface area contributed by atoms with Crippen molar-refractivity contribution in [3.63, 3.8) is 0 Å². The fourth-order valence-corrected chi connectivity index (χ4v) is 4.79. The molecule has 1 saturated heterocycles. The van der Waals surface area contributed by atoms with Gasteiger partial charge in [0.15, 0.2) is 0 Å². The topological polar surface area (TPSA) is 49.4 Å². The Morgan fingerprint density at radius 1 is 1.21 bits per heavy atom. The molecule has 1 heterocycles. The third-order valence-electron chi connectivity index (χ3n) is 4.46. The predicted octanol–water partition coefficient (Wildman–Crippen LogP) is 1.83. The van der Waals surface area contributed by atoms with Crippen LogP contribution in [0.2, 0.25) is 0 Å². The van der Waals surface area contributed by atoms with Crippen molar-refractivity contribution in [3.05, 3.63) is 0 Å². The van der Waals surface area contributed by atoms with E-state index in [0.29, 0.717) is 23.6 Å². The van der Waals surface area contributed by atoms with Gasteiger partial charge in [0.1, 0.15) is 0 Å². The highest BCUT2D eigenvalue weighted by atomic mass is 32.2. The third-order valence-corrected chi connectivity index (χ3v) is 6.50.